The van der Waals surface area contributed by atoms with Crippen LogP contribution in [0.15, 0.2) is 29.0 Å². The lowest BCUT2D eigenvalue weighted by Gasteiger charge is -2.09. The minimum atomic E-state index is -0.558. The Hall–Kier alpha value is -1.20. The Labute approximate surface area is 108 Å². The van der Waals surface area contributed by atoms with Gasteiger partial charge in [-0.25, -0.2) is 0 Å². The molecule has 2 heterocycles. The van der Waals surface area contributed by atoms with Gasteiger partial charge in [-0.05, 0) is 35.0 Å². The fourth-order valence-corrected chi connectivity index (χ4v) is 1.91. The molecule has 17 heavy (non-hydrogen) atoms. The first-order valence-electron chi connectivity index (χ1n) is 5.35. The highest BCUT2D eigenvalue weighted by Gasteiger charge is 2.14. The van der Waals surface area contributed by atoms with E-state index in [1.807, 2.05) is 26.1 Å². The van der Waals surface area contributed by atoms with E-state index in [0.29, 0.717) is 6.42 Å². The van der Waals surface area contributed by atoms with E-state index < -0.39 is 6.10 Å². The van der Waals surface area contributed by atoms with Gasteiger partial charge in [-0.2, -0.15) is 5.10 Å². The van der Waals surface area contributed by atoms with E-state index >= 15 is 0 Å². The molecule has 0 amide bonds. The molecular formula is C12H14BrN3O. The largest absolute Gasteiger partial charge is 0.388 e. The zero-order chi connectivity index (χ0) is 12.4. The van der Waals surface area contributed by atoms with E-state index in [-0.39, 0.29) is 0 Å². The predicted molar refractivity (Wildman–Crippen MR) is 68.5 cm³/mol. The Morgan fingerprint density at radius 3 is 2.71 bits per heavy atom. The molecule has 1 atom stereocenters. The van der Waals surface area contributed by atoms with Crippen LogP contribution in [-0.2, 0) is 13.5 Å². The number of hydrogen-bond donors (Lipinski definition) is 1. The Bertz CT molecular complexity index is 507. The molecule has 0 saturated heterocycles. The molecule has 90 valence electrons. The first-order valence-corrected chi connectivity index (χ1v) is 6.14. The first kappa shape index (κ1) is 12.3. The molecular weight excluding hydrogens is 282 g/mol. The predicted octanol–water partition coefficient (Wildman–Crippen LogP) is 2.16. The smallest absolute Gasteiger partial charge is 0.0878 e. The van der Waals surface area contributed by atoms with Crippen LogP contribution in [0.25, 0.3) is 0 Å². The van der Waals surface area contributed by atoms with Crippen molar-refractivity contribution in [3.05, 3.63) is 46.0 Å². The van der Waals surface area contributed by atoms with Crippen molar-refractivity contribution in [3.63, 3.8) is 0 Å². The summed E-state index contributed by atoms with van der Waals surface area (Å²) in [5, 5.41) is 14.3. The molecule has 0 aliphatic rings. The minimum Gasteiger partial charge on any atom is -0.388 e. The second-order valence-electron chi connectivity index (χ2n) is 4.00. The molecule has 1 unspecified atom stereocenters. The van der Waals surface area contributed by atoms with Gasteiger partial charge in [0.2, 0.25) is 0 Å². The summed E-state index contributed by atoms with van der Waals surface area (Å²) in [7, 11) is 1.86. The summed E-state index contributed by atoms with van der Waals surface area (Å²) in [6.45, 7) is 1.95. The molecule has 0 aliphatic heterocycles. The van der Waals surface area contributed by atoms with Gasteiger partial charge in [0, 0.05) is 41.1 Å². The number of pyridine rings is 1. The minimum absolute atomic E-state index is 0.500. The van der Waals surface area contributed by atoms with Crippen molar-refractivity contribution in [2.75, 3.05) is 0 Å². The van der Waals surface area contributed by atoms with Gasteiger partial charge in [-0.15, -0.1) is 0 Å². The van der Waals surface area contributed by atoms with Crippen molar-refractivity contribution in [2.45, 2.75) is 19.4 Å². The zero-order valence-corrected chi connectivity index (χ0v) is 11.3. The number of halogens is 1. The summed E-state index contributed by atoms with van der Waals surface area (Å²) in [6, 6.07) is 3.82. The third kappa shape index (κ3) is 2.73. The summed E-state index contributed by atoms with van der Waals surface area (Å²) in [4.78, 5) is 4.25. The van der Waals surface area contributed by atoms with E-state index in [1.54, 1.807) is 17.1 Å². The number of aryl methyl sites for hydroxylation is 1. The molecule has 5 heteroatoms. The van der Waals surface area contributed by atoms with Gasteiger partial charge >= 0.3 is 0 Å². The molecule has 0 saturated carbocycles. The fraction of sp³-hybridized carbons (Fsp3) is 0.333. The van der Waals surface area contributed by atoms with Crippen LogP contribution < -0.4 is 0 Å². The van der Waals surface area contributed by atoms with Crippen LogP contribution in [0.5, 0.6) is 0 Å². The molecule has 2 aromatic heterocycles. The van der Waals surface area contributed by atoms with Crippen LogP contribution >= 0.6 is 15.9 Å². The molecule has 0 bridgehead atoms. The molecule has 1 N–H and O–H groups in total. The number of aliphatic hydroxyl groups is 1. The van der Waals surface area contributed by atoms with Gasteiger partial charge in [-0.3, -0.25) is 9.67 Å². The van der Waals surface area contributed by atoms with Crippen LogP contribution in [0.2, 0.25) is 0 Å². The molecule has 0 aromatic carbocycles. The Morgan fingerprint density at radius 1 is 1.41 bits per heavy atom. The number of aliphatic hydroxyl groups excluding tert-OH is 1. The molecule has 2 aromatic rings. The Balaban J connectivity index is 2.14. The highest BCUT2D eigenvalue weighted by molar-refractivity contribution is 9.10. The van der Waals surface area contributed by atoms with Gasteiger partial charge < -0.3 is 5.11 Å². The second-order valence-corrected chi connectivity index (χ2v) is 4.91. The van der Waals surface area contributed by atoms with E-state index in [2.05, 4.69) is 26.0 Å². The molecule has 2 rings (SSSR count). The van der Waals surface area contributed by atoms with Crippen LogP contribution in [0.1, 0.15) is 23.1 Å². The topological polar surface area (TPSA) is 50.9 Å². The Kier molecular flexibility index (Phi) is 3.59. The lowest BCUT2D eigenvalue weighted by atomic mass is 10.1. The van der Waals surface area contributed by atoms with Crippen molar-refractivity contribution < 1.29 is 5.11 Å². The van der Waals surface area contributed by atoms with Crippen LogP contribution in [0.4, 0.5) is 0 Å². The molecule has 0 spiro atoms. The van der Waals surface area contributed by atoms with Gasteiger partial charge in [0.05, 0.1) is 12.3 Å². The summed E-state index contributed by atoms with van der Waals surface area (Å²) >= 11 is 3.33. The number of hydrogen-bond acceptors (Lipinski definition) is 3. The van der Waals surface area contributed by atoms with Crippen molar-refractivity contribution in [3.8, 4) is 0 Å². The van der Waals surface area contributed by atoms with Crippen molar-refractivity contribution in [1.29, 1.82) is 0 Å². The summed E-state index contributed by atoms with van der Waals surface area (Å²) in [5.41, 5.74) is 2.70. The molecule has 0 aliphatic carbocycles. The Morgan fingerprint density at radius 2 is 2.18 bits per heavy atom. The first-order chi connectivity index (χ1) is 8.08. The highest BCUT2D eigenvalue weighted by Crippen LogP contribution is 2.20. The lowest BCUT2D eigenvalue weighted by molar-refractivity contribution is 0.176. The van der Waals surface area contributed by atoms with Gasteiger partial charge in [0.1, 0.15) is 0 Å². The summed E-state index contributed by atoms with van der Waals surface area (Å²) in [6.07, 6.45) is 3.38. The second kappa shape index (κ2) is 4.98. The average Bonchev–Trinajstić information content (AvgIpc) is 2.63. The average molecular weight is 296 g/mol. The number of rotatable bonds is 3. The van der Waals surface area contributed by atoms with E-state index in [1.165, 1.54) is 0 Å². The third-order valence-corrected chi connectivity index (χ3v) is 3.29. The van der Waals surface area contributed by atoms with Gasteiger partial charge in [0.25, 0.3) is 0 Å². The van der Waals surface area contributed by atoms with E-state index in [0.717, 1.165) is 21.4 Å². The zero-order valence-electron chi connectivity index (χ0n) is 9.76. The maximum absolute atomic E-state index is 10.1. The van der Waals surface area contributed by atoms with Crippen LogP contribution in [0.3, 0.4) is 0 Å². The number of aromatic nitrogens is 3. The molecule has 4 nitrogen and oxygen atoms in total. The fourth-order valence-electron chi connectivity index (χ4n) is 1.68. The van der Waals surface area contributed by atoms with Crippen molar-refractivity contribution >= 4 is 15.9 Å². The SMILES string of the molecule is Cc1c(C(O)Cc2ccc(Br)cn2)cnn1C. The van der Waals surface area contributed by atoms with Crippen LogP contribution in [-0.4, -0.2) is 19.9 Å². The standard InChI is InChI=1S/C12H14BrN3O/c1-8-11(7-15-16(8)2)12(17)5-10-4-3-9(13)6-14-10/h3-4,6-7,12,17H,5H2,1-2H3. The summed E-state index contributed by atoms with van der Waals surface area (Å²) < 4.78 is 2.70. The molecule has 0 radical (unpaired) electrons. The van der Waals surface area contributed by atoms with Crippen molar-refractivity contribution in [2.24, 2.45) is 7.05 Å². The normalized spacial score (nSPS) is 12.7. The third-order valence-electron chi connectivity index (χ3n) is 2.82. The van der Waals surface area contributed by atoms with Crippen molar-refractivity contribution in [1.82, 2.24) is 14.8 Å². The summed E-state index contributed by atoms with van der Waals surface area (Å²) in [5.74, 6) is 0. The van der Waals surface area contributed by atoms with Gasteiger partial charge in [0.15, 0.2) is 0 Å². The maximum atomic E-state index is 10.1. The molecule has 0 fully saturated rings. The number of nitrogens with zero attached hydrogens (tertiary/aromatic N) is 3. The van der Waals surface area contributed by atoms with E-state index in [9.17, 15) is 5.11 Å². The highest BCUT2D eigenvalue weighted by atomic mass is 79.9. The monoisotopic (exact) mass is 295 g/mol. The van der Waals surface area contributed by atoms with Gasteiger partial charge in [-0.1, -0.05) is 0 Å². The lowest BCUT2D eigenvalue weighted by Crippen LogP contribution is -2.05. The maximum Gasteiger partial charge on any atom is 0.0878 e. The quantitative estimate of drug-likeness (QED) is 0.944. The van der Waals surface area contributed by atoms with E-state index in [4.69, 9.17) is 0 Å². The van der Waals surface area contributed by atoms with Crippen LogP contribution in [0, 0.1) is 6.92 Å².